The minimum Gasteiger partial charge on any atom is -0.492 e. The Balaban J connectivity index is 1.11. The van der Waals surface area contributed by atoms with Gasteiger partial charge >= 0.3 is 0 Å². The number of hydrogen-bond acceptors (Lipinski definition) is 6. The average Bonchev–Trinajstić information content (AvgIpc) is 3.56. The number of sulfonamides is 1. The zero-order chi connectivity index (χ0) is 28.7. The van der Waals surface area contributed by atoms with Crippen molar-refractivity contribution in [2.45, 2.75) is 17.9 Å². The number of H-pyrrole nitrogens is 1. The molecule has 0 atom stereocenters. The lowest BCUT2D eigenvalue weighted by Gasteiger charge is -2.28. The molecule has 10 heteroatoms. The van der Waals surface area contributed by atoms with Crippen molar-refractivity contribution in [1.29, 1.82) is 0 Å². The van der Waals surface area contributed by atoms with Crippen molar-refractivity contribution in [3.8, 4) is 5.75 Å². The molecule has 0 aliphatic carbocycles. The fraction of sp³-hybridized carbons (Fsp3) is 0.281. The lowest BCUT2D eigenvalue weighted by Crippen LogP contribution is -2.38. The lowest BCUT2D eigenvalue weighted by molar-refractivity contribution is -0.110. The number of morpholine rings is 1. The highest BCUT2D eigenvalue weighted by Gasteiger charge is 2.31. The number of aromatic nitrogens is 1. The number of anilines is 1. The van der Waals surface area contributed by atoms with Gasteiger partial charge < -0.3 is 19.8 Å². The second kappa shape index (κ2) is 11.0. The molecule has 1 fully saturated rings. The Hall–Kier alpha value is -3.96. The van der Waals surface area contributed by atoms with Crippen LogP contribution < -0.4 is 10.1 Å². The third-order valence-electron chi connectivity index (χ3n) is 8.20. The molecule has 7 rings (SSSR count). The topological polar surface area (TPSA) is 104 Å². The van der Waals surface area contributed by atoms with Crippen LogP contribution in [-0.2, 0) is 32.5 Å². The summed E-state index contributed by atoms with van der Waals surface area (Å²) in [5, 5.41) is 3.83. The molecule has 4 heterocycles. The SMILES string of the molecule is O=C1Nc2ccc(S(=O)(=O)N3CCc4ccccc4C3)cc2/C1=C\c1cc2cc(OCCN3CCOCC3)ccc2[nH]1. The molecule has 4 aromatic rings. The van der Waals surface area contributed by atoms with Crippen LogP contribution in [0.1, 0.15) is 22.4 Å². The molecule has 1 amide bonds. The fourth-order valence-corrected chi connectivity index (χ4v) is 7.31. The maximum atomic E-state index is 13.6. The first-order valence-corrected chi connectivity index (χ1v) is 15.7. The molecule has 0 unspecified atom stereocenters. The number of rotatable bonds is 7. The minimum absolute atomic E-state index is 0.179. The van der Waals surface area contributed by atoms with E-state index in [1.54, 1.807) is 24.3 Å². The number of hydrogen-bond donors (Lipinski definition) is 2. The maximum absolute atomic E-state index is 13.6. The molecule has 0 radical (unpaired) electrons. The molecule has 42 heavy (non-hydrogen) atoms. The Labute approximate surface area is 244 Å². The van der Waals surface area contributed by atoms with E-state index in [1.165, 1.54) is 9.87 Å². The fourth-order valence-electron chi connectivity index (χ4n) is 5.87. The molecule has 9 nitrogen and oxygen atoms in total. The highest BCUT2D eigenvalue weighted by atomic mass is 32.2. The largest absolute Gasteiger partial charge is 0.492 e. The summed E-state index contributed by atoms with van der Waals surface area (Å²) in [4.78, 5) is 18.8. The van der Waals surface area contributed by atoms with Gasteiger partial charge in [0.25, 0.3) is 5.91 Å². The zero-order valence-electron chi connectivity index (χ0n) is 23.1. The van der Waals surface area contributed by atoms with Crippen molar-refractivity contribution < 1.29 is 22.7 Å². The van der Waals surface area contributed by atoms with Gasteiger partial charge in [0.1, 0.15) is 12.4 Å². The number of amides is 1. The van der Waals surface area contributed by atoms with E-state index in [4.69, 9.17) is 9.47 Å². The van der Waals surface area contributed by atoms with E-state index in [2.05, 4.69) is 15.2 Å². The van der Waals surface area contributed by atoms with E-state index in [0.717, 1.165) is 60.8 Å². The van der Waals surface area contributed by atoms with Crippen LogP contribution in [0.4, 0.5) is 5.69 Å². The van der Waals surface area contributed by atoms with E-state index in [1.807, 2.05) is 48.5 Å². The highest BCUT2D eigenvalue weighted by Crippen LogP contribution is 2.36. The number of aromatic amines is 1. The summed E-state index contributed by atoms with van der Waals surface area (Å²) >= 11 is 0. The Kier molecular flexibility index (Phi) is 7.07. The summed E-state index contributed by atoms with van der Waals surface area (Å²) in [7, 11) is -3.74. The average molecular weight is 585 g/mol. The van der Waals surface area contributed by atoms with Crippen LogP contribution >= 0.6 is 0 Å². The number of carbonyl (C=O) groups is 1. The molecule has 3 aromatic carbocycles. The molecule has 3 aliphatic rings. The van der Waals surface area contributed by atoms with E-state index in [9.17, 15) is 13.2 Å². The van der Waals surface area contributed by atoms with Gasteiger partial charge in [-0.05, 0) is 66.1 Å². The number of nitrogens with one attached hydrogen (secondary N) is 2. The van der Waals surface area contributed by atoms with Crippen molar-refractivity contribution >= 4 is 44.2 Å². The van der Waals surface area contributed by atoms with Gasteiger partial charge in [-0.2, -0.15) is 4.31 Å². The molecule has 2 N–H and O–H groups in total. The molecule has 0 bridgehead atoms. The summed E-state index contributed by atoms with van der Waals surface area (Å²) < 4.78 is 40.2. The summed E-state index contributed by atoms with van der Waals surface area (Å²) in [5.41, 5.74) is 5.46. The number of nitrogens with zero attached hydrogens (tertiary/aromatic N) is 2. The number of ether oxygens (including phenoxy) is 2. The van der Waals surface area contributed by atoms with Gasteiger partial charge in [-0.3, -0.25) is 9.69 Å². The minimum atomic E-state index is -3.74. The van der Waals surface area contributed by atoms with Crippen LogP contribution in [-0.4, -0.2) is 74.5 Å². The van der Waals surface area contributed by atoms with Crippen LogP contribution in [0.3, 0.4) is 0 Å². The Morgan fingerprint density at radius 2 is 1.79 bits per heavy atom. The second-order valence-electron chi connectivity index (χ2n) is 10.9. The predicted octanol–water partition coefficient (Wildman–Crippen LogP) is 4.12. The lowest BCUT2D eigenvalue weighted by atomic mass is 10.0. The van der Waals surface area contributed by atoms with Gasteiger partial charge in [-0.1, -0.05) is 24.3 Å². The molecule has 1 saturated heterocycles. The maximum Gasteiger partial charge on any atom is 0.256 e. The number of carbonyl (C=O) groups excluding carboxylic acids is 1. The van der Waals surface area contributed by atoms with Crippen molar-refractivity contribution in [1.82, 2.24) is 14.2 Å². The standard InChI is InChI=1S/C32H32N4O5S/c37-32-29(19-25-17-24-18-26(5-7-30(24)33-25)41-16-13-35-11-14-40-15-12-35)28-20-27(6-8-31(28)34-32)42(38,39)36-10-9-22-3-1-2-4-23(22)21-36/h1-8,17-20,33H,9-16,21H2,(H,34,37)/b29-19+. The Bertz CT molecular complexity index is 1810. The van der Waals surface area contributed by atoms with E-state index in [-0.39, 0.29) is 10.8 Å². The first-order valence-electron chi connectivity index (χ1n) is 14.2. The third kappa shape index (κ3) is 5.22. The third-order valence-corrected chi connectivity index (χ3v) is 10.0. The van der Waals surface area contributed by atoms with E-state index < -0.39 is 10.0 Å². The smallest absolute Gasteiger partial charge is 0.256 e. The number of fused-ring (bicyclic) bond motifs is 3. The van der Waals surface area contributed by atoms with Crippen LogP contribution in [0, 0.1) is 0 Å². The van der Waals surface area contributed by atoms with Crippen molar-refractivity contribution in [2.24, 2.45) is 0 Å². The first-order chi connectivity index (χ1) is 20.4. The summed E-state index contributed by atoms with van der Waals surface area (Å²) in [6.45, 7) is 5.58. The Morgan fingerprint density at radius 3 is 2.64 bits per heavy atom. The van der Waals surface area contributed by atoms with Crippen molar-refractivity contribution in [3.63, 3.8) is 0 Å². The highest BCUT2D eigenvalue weighted by molar-refractivity contribution is 7.89. The Morgan fingerprint density at radius 1 is 0.952 bits per heavy atom. The normalized spacial score (nSPS) is 18.7. The van der Waals surface area contributed by atoms with Crippen molar-refractivity contribution in [3.05, 3.63) is 89.1 Å². The molecule has 3 aliphatic heterocycles. The second-order valence-corrected chi connectivity index (χ2v) is 12.8. The van der Waals surface area contributed by atoms with E-state index in [0.29, 0.717) is 42.9 Å². The summed E-state index contributed by atoms with van der Waals surface area (Å²) in [6, 6.07) is 20.6. The molecule has 0 spiro atoms. The van der Waals surface area contributed by atoms with Crippen LogP contribution in [0.5, 0.6) is 5.75 Å². The molecular weight excluding hydrogens is 552 g/mol. The quantitative estimate of drug-likeness (QED) is 0.317. The van der Waals surface area contributed by atoms with Gasteiger partial charge in [0.05, 0.1) is 23.7 Å². The van der Waals surface area contributed by atoms with Crippen molar-refractivity contribution in [2.75, 3.05) is 51.3 Å². The molecular formula is C32H32N4O5S. The monoisotopic (exact) mass is 584 g/mol. The molecule has 0 saturated carbocycles. The van der Waals surface area contributed by atoms with Gasteiger partial charge in [0.2, 0.25) is 10.0 Å². The van der Waals surface area contributed by atoms with Gasteiger partial charge in [0, 0.05) is 60.6 Å². The number of benzene rings is 3. The van der Waals surface area contributed by atoms with E-state index >= 15 is 0 Å². The van der Waals surface area contributed by atoms with Crippen LogP contribution in [0.2, 0.25) is 0 Å². The van der Waals surface area contributed by atoms with Gasteiger partial charge in [-0.15, -0.1) is 0 Å². The van der Waals surface area contributed by atoms with Crippen LogP contribution in [0.15, 0.2) is 71.6 Å². The van der Waals surface area contributed by atoms with Gasteiger partial charge in [0.15, 0.2) is 0 Å². The predicted molar refractivity (Wildman–Crippen MR) is 162 cm³/mol. The van der Waals surface area contributed by atoms with Crippen LogP contribution in [0.25, 0.3) is 22.6 Å². The molecule has 216 valence electrons. The summed E-state index contributed by atoms with van der Waals surface area (Å²) in [6.07, 6.45) is 2.44. The zero-order valence-corrected chi connectivity index (χ0v) is 24.0. The molecule has 1 aromatic heterocycles. The van der Waals surface area contributed by atoms with Gasteiger partial charge in [-0.25, -0.2) is 8.42 Å². The first kappa shape index (κ1) is 26.9. The summed E-state index contributed by atoms with van der Waals surface area (Å²) in [5.74, 6) is 0.519.